The first-order valence-corrected chi connectivity index (χ1v) is 10.4. The Morgan fingerprint density at radius 2 is 2.00 bits per heavy atom. The molecule has 0 unspecified atom stereocenters. The molecule has 0 N–H and O–H groups in total. The van der Waals surface area contributed by atoms with Crippen molar-refractivity contribution in [1.82, 2.24) is 35.2 Å². The summed E-state index contributed by atoms with van der Waals surface area (Å²) in [5, 5.41) is 15.6. The van der Waals surface area contributed by atoms with Crippen LogP contribution in [0.5, 0.6) is 0 Å². The maximum absolute atomic E-state index is 13.2. The number of hydrogen-bond donors (Lipinski definition) is 0. The van der Waals surface area contributed by atoms with Gasteiger partial charge in [0.25, 0.3) is 0 Å². The third-order valence-electron chi connectivity index (χ3n) is 5.46. The molecule has 174 valence electrons. The van der Waals surface area contributed by atoms with Crippen molar-refractivity contribution in [2.75, 3.05) is 13.1 Å². The molecular weight excluding hydrogens is 439 g/mol. The van der Waals surface area contributed by atoms with Gasteiger partial charge in [0.05, 0.1) is 12.1 Å². The maximum Gasteiger partial charge on any atom is 0.416 e. The Balaban J connectivity index is 1.46. The fraction of sp³-hybridized carbons (Fsp3) is 0.429. The van der Waals surface area contributed by atoms with Crippen LogP contribution in [0, 0.1) is 13.8 Å². The number of carbonyl (C=O) groups is 1. The van der Waals surface area contributed by atoms with Crippen LogP contribution in [0.1, 0.15) is 53.0 Å². The molecular formula is C21H22F3N7O2. The zero-order chi connectivity index (χ0) is 23.6. The molecule has 0 bridgehead atoms. The van der Waals surface area contributed by atoms with Gasteiger partial charge in [0, 0.05) is 32.0 Å². The summed E-state index contributed by atoms with van der Waals surface area (Å²) in [4.78, 5) is 19.9. The van der Waals surface area contributed by atoms with Crippen molar-refractivity contribution >= 4 is 12.0 Å². The van der Waals surface area contributed by atoms with Crippen molar-refractivity contribution in [2.24, 2.45) is 0 Å². The fourth-order valence-corrected chi connectivity index (χ4v) is 3.73. The molecule has 33 heavy (non-hydrogen) atoms. The molecule has 12 heteroatoms. The van der Waals surface area contributed by atoms with Gasteiger partial charge in [0.1, 0.15) is 0 Å². The highest BCUT2D eigenvalue weighted by Crippen LogP contribution is 2.31. The molecule has 2 aromatic heterocycles. The number of carbonyl (C=O) groups excluding carboxylic acids is 1. The van der Waals surface area contributed by atoms with Gasteiger partial charge in [-0.3, -0.25) is 4.79 Å². The normalized spacial score (nSPS) is 15.5. The summed E-state index contributed by atoms with van der Waals surface area (Å²) in [7, 11) is 0. The Labute approximate surface area is 187 Å². The lowest BCUT2D eigenvalue weighted by molar-refractivity contribution is -0.137. The van der Waals surface area contributed by atoms with Crippen molar-refractivity contribution in [3.63, 3.8) is 0 Å². The van der Waals surface area contributed by atoms with E-state index in [0.717, 1.165) is 12.1 Å². The van der Waals surface area contributed by atoms with E-state index >= 15 is 0 Å². The summed E-state index contributed by atoms with van der Waals surface area (Å²) in [5.74, 6) is 1.50. The zero-order valence-corrected chi connectivity index (χ0v) is 18.1. The van der Waals surface area contributed by atoms with Crippen LogP contribution in [-0.4, -0.2) is 54.2 Å². The number of piperidine rings is 1. The minimum atomic E-state index is -4.49. The number of aromatic nitrogens is 6. The van der Waals surface area contributed by atoms with Crippen LogP contribution < -0.4 is 0 Å². The Hall–Kier alpha value is -3.57. The molecule has 0 radical (unpaired) electrons. The Kier molecular flexibility index (Phi) is 6.25. The monoisotopic (exact) mass is 461 g/mol. The molecule has 1 aliphatic rings. The summed E-state index contributed by atoms with van der Waals surface area (Å²) in [6.07, 6.45) is -0.163. The summed E-state index contributed by atoms with van der Waals surface area (Å²) in [6.45, 7) is 4.43. The Morgan fingerprint density at radius 1 is 1.24 bits per heavy atom. The van der Waals surface area contributed by atoms with Crippen LogP contribution in [0.2, 0.25) is 0 Å². The number of alkyl halides is 3. The minimum absolute atomic E-state index is 0.00582. The quantitative estimate of drug-likeness (QED) is 0.538. The number of hydrogen-bond acceptors (Lipinski definition) is 7. The number of rotatable bonds is 5. The van der Waals surface area contributed by atoms with Gasteiger partial charge in [0.15, 0.2) is 11.6 Å². The van der Waals surface area contributed by atoms with Crippen LogP contribution in [0.3, 0.4) is 0 Å². The number of aryl methyl sites for hydroxylation is 2. The molecule has 1 fully saturated rings. The van der Waals surface area contributed by atoms with E-state index in [1.165, 1.54) is 23.0 Å². The average Bonchev–Trinajstić information content (AvgIpc) is 3.40. The Bertz CT molecular complexity index is 1160. The molecule has 1 aliphatic heterocycles. The number of amides is 1. The standard InChI is InChI=1S/C21H22F3N7O2/c1-13-26-29-31(27-13)12-17-11-18(21(22,23)24)5-3-15(17)4-6-19(32)30-9-7-16(8-10-30)20-25-14(2)33-28-20/h3-6,11,16H,7-10,12H2,1-2H3. The van der Waals surface area contributed by atoms with Gasteiger partial charge in [0.2, 0.25) is 11.8 Å². The van der Waals surface area contributed by atoms with E-state index in [2.05, 4.69) is 25.6 Å². The van der Waals surface area contributed by atoms with Crippen LogP contribution in [0.4, 0.5) is 13.2 Å². The van der Waals surface area contributed by atoms with Crippen LogP contribution in [0.25, 0.3) is 6.08 Å². The summed E-state index contributed by atoms with van der Waals surface area (Å²) in [6, 6.07) is 3.38. The molecule has 0 spiro atoms. The second kappa shape index (κ2) is 9.12. The average molecular weight is 461 g/mol. The largest absolute Gasteiger partial charge is 0.416 e. The van der Waals surface area contributed by atoms with E-state index in [-0.39, 0.29) is 18.4 Å². The third kappa shape index (κ3) is 5.44. The third-order valence-corrected chi connectivity index (χ3v) is 5.46. The molecule has 0 saturated carbocycles. The number of nitrogens with zero attached hydrogens (tertiary/aromatic N) is 7. The number of halogens is 3. The molecule has 1 amide bonds. The summed E-state index contributed by atoms with van der Waals surface area (Å²) in [5.41, 5.74) is 0.0255. The molecule has 0 atom stereocenters. The lowest BCUT2D eigenvalue weighted by Gasteiger charge is -2.29. The maximum atomic E-state index is 13.2. The first kappa shape index (κ1) is 22.6. The molecule has 1 saturated heterocycles. The lowest BCUT2D eigenvalue weighted by Crippen LogP contribution is -2.37. The van der Waals surface area contributed by atoms with Crippen LogP contribution in [-0.2, 0) is 17.5 Å². The van der Waals surface area contributed by atoms with Gasteiger partial charge in [-0.1, -0.05) is 11.2 Å². The highest BCUT2D eigenvalue weighted by molar-refractivity contribution is 5.92. The second-order valence-electron chi connectivity index (χ2n) is 7.88. The first-order valence-electron chi connectivity index (χ1n) is 10.4. The van der Waals surface area contributed by atoms with Crippen LogP contribution >= 0.6 is 0 Å². The molecule has 3 heterocycles. The van der Waals surface area contributed by atoms with Crippen molar-refractivity contribution in [3.8, 4) is 0 Å². The molecule has 0 aliphatic carbocycles. The molecule has 1 aromatic carbocycles. The van der Waals surface area contributed by atoms with E-state index < -0.39 is 11.7 Å². The Morgan fingerprint density at radius 3 is 2.61 bits per heavy atom. The van der Waals surface area contributed by atoms with Crippen molar-refractivity contribution in [1.29, 1.82) is 0 Å². The number of tetrazole rings is 1. The van der Waals surface area contributed by atoms with Gasteiger partial charge >= 0.3 is 6.18 Å². The van der Waals surface area contributed by atoms with Gasteiger partial charge in [-0.05, 0) is 54.3 Å². The lowest BCUT2D eigenvalue weighted by atomic mass is 9.96. The zero-order valence-electron chi connectivity index (χ0n) is 18.1. The smallest absolute Gasteiger partial charge is 0.340 e. The van der Waals surface area contributed by atoms with Gasteiger partial charge in [-0.2, -0.15) is 23.0 Å². The first-order chi connectivity index (χ1) is 15.7. The van der Waals surface area contributed by atoms with Gasteiger partial charge in [-0.25, -0.2) is 0 Å². The van der Waals surface area contributed by atoms with E-state index in [0.29, 0.717) is 54.6 Å². The predicted molar refractivity (Wildman–Crippen MR) is 110 cm³/mol. The summed E-state index contributed by atoms with van der Waals surface area (Å²) < 4.78 is 44.7. The van der Waals surface area contributed by atoms with Crippen molar-refractivity contribution in [2.45, 2.75) is 45.3 Å². The molecule has 4 rings (SSSR count). The summed E-state index contributed by atoms with van der Waals surface area (Å²) >= 11 is 0. The topological polar surface area (TPSA) is 103 Å². The second-order valence-corrected chi connectivity index (χ2v) is 7.88. The predicted octanol–water partition coefficient (Wildman–Crippen LogP) is 3.16. The molecule has 9 nitrogen and oxygen atoms in total. The van der Waals surface area contributed by atoms with E-state index in [4.69, 9.17) is 4.52 Å². The van der Waals surface area contributed by atoms with E-state index in [1.54, 1.807) is 18.7 Å². The van der Waals surface area contributed by atoms with Crippen LogP contribution in [0.15, 0.2) is 28.8 Å². The number of likely N-dealkylation sites (tertiary alicyclic amines) is 1. The van der Waals surface area contributed by atoms with E-state index in [9.17, 15) is 18.0 Å². The van der Waals surface area contributed by atoms with E-state index in [1.807, 2.05) is 0 Å². The molecule has 3 aromatic rings. The van der Waals surface area contributed by atoms with Gasteiger partial charge in [-0.15, -0.1) is 10.2 Å². The number of benzene rings is 1. The highest BCUT2D eigenvalue weighted by atomic mass is 19.4. The fourth-order valence-electron chi connectivity index (χ4n) is 3.73. The van der Waals surface area contributed by atoms with Crippen molar-refractivity contribution < 1.29 is 22.5 Å². The highest BCUT2D eigenvalue weighted by Gasteiger charge is 2.31. The van der Waals surface area contributed by atoms with Gasteiger partial charge < -0.3 is 9.42 Å². The minimum Gasteiger partial charge on any atom is -0.340 e. The van der Waals surface area contributed by atoms with Crippen molar-refractivity contribution in [3.05, 3.63) is 58.5 Å². The SMILES string of the molecule is Cc1nnn(Cc2cc(C(F)(F)F)ccc2C=CC(=O)N2CCC(c3noc(C)n3)CC2)n1.